The number of carbonyl (C=O) groups is 2. The molecule has 1 atom stereocenters. The molecule has 1 aliphatic rings. The molecule has 0 radical (unpaired) electrons. The summed E-state index contributed by atoms with van der Waals surface area (Å²) in [4.78, 5) is 23.6. The van der Waals surface area contributed by atoms with Gasteiger partial charge in [-0.1, -0.05) is 42.5 Å². The lowest BCUT2D eigenvalue weighted by molar-refractivity contribution is -0.192. The minimum atomic E-state index is -5.08. The van der Waals surface area contributed by atoms with E-state index in [1.54, 1.807) is 12.0 Å². The monoisotopic (exact) mass is 461 g/mol. The number of fused-ring (bicyclic) bond motifs is 2. The molecule has 174 valence electrons. The number of anilines is 2. The van der Waals surface area contributed by atoms with Crippen LogP contribution in [-0.4, -0.2) is 42.9 Å². The van der Waals surface area contributed by atoms with Crippen LogP contribution in [0.5, 0.6) is 5.75 Å². The van der Waals surface area contributed by atoms with E-state index >= 15 is 0 Å². The Hall–Kier alpha value is -3.79. The van der Waals surface area contributed by atoms with Gasteiger partial charge in [0, 0.05) is 12.1 Å². The standard InChI is InChI=1S/C21H21N3O2.C2HF3O2/c1-26-20-11-10-14-6-2-3-7-15(14)16(20)13-24-19-9-5-4-8-18(19)23-12-17(22)21(24)25;3-2(4,5)1(6)7/h2-11,17,23H,12-13,22H2,1H3;(H,6,7)/t17-;/m0./s1. The van der Waals surface area contributed by atoms with E-state index in [2.05, 4.69) is 17.4 Å². The van der Waals surface area contributed by atoms with Gasteiger partial charge in [0.1, 0.15) is 11.8 Å². The van der Waals surface area contributed by atoms with Gasteiger partial charge in [-0.3, -0.25) is 4.79 Å². The summed E-state index contributed by atoms with van der Waals surface area (Å²) in [6.45, 7) is 0.814. The van der Waals surface area contributed by atoms with Crippen LogP contribution in [0.25, 0.3) is 10.8 Å². The van der Waals surface area contributed by atoms with Crippen LogP contribution in [-0.2, 0) is 16.1 Å². The van der Waals surface area contributed by atoms with Gasteiger partial charge in [-0.15, -0.1) is 0 Å². The number of nitrogens with two attached hydrogens (primary N) is 1. The minimum Gasteiger partial charge on any atom is -0.496 e. The number of ether oxygens (including phenoxy) is 1. The summed E-state index contributed by atoms with van der Waals surface area (Å²) in [5.74, 6) is -2.09. The van der Waals surface area contributed by atoms with Gasteiger partial charge in [-0.05, 0) is 29.0 Å². The SMILES string of the molecule is COc1ccc2ccccc2c1CN1C(=O)[C@@H](N)CNc2ccccc21.O=C(O)C(F)(F)F. The highest BCUT2D eigenvalue weighted by molar-refractivity contribution is 6.02. The average Bonchev–Trinajstić information content (AvgIpc) is 2.91. The summed E-state index contributed by atoms with van der Waals surface area (Å²) in [7, 11) is 1.65. The van der Waals surface area contributed by atoms with Gasteiger partial charge in [-0.25, -0.2) is 4.79 Å². The molecule has 0 aliphatic carbocycles. The molecule has 10 heteroatoms. The summed E-state index contributed by atoms with van der Waals surface area (Å²) in [6, 6.07) is 19.3. The van der Waals surface area contributed by atoms with Gasteiger partial charge in [0.25, 0.3) is 0 Å². The third-order valence-corrected chi connectivity index (χ3v) is 5.07. The van der Waals surface area contributed by atoms with Crippen molar-refractivity contribution in [3.05, 3.63) is 66.2 Å². The molecule has 0 saturated heterocycles. The Balaban J connectivity index is 0.000000383. The van der Waals surface area contributed by atoms with E-state index in [0.29, 0.717) is 13.1 Å². The Kier molecular flexibility index (Phi) is 7.07. The molecule has 7 nitrogen and oxygen atoms in total. The fourth-order valence-corrected chi connectivity index (χ4v) is 3.48. The fraction of sp³-hybridized carbons (Fsp3) is 0.217. The first kappa shape index (κ1) is 23.9. The number of alkyl halides is 3. The van der Waals surface area contributed by atoms with Crippen LogP contribution in [0.2, 0.25) is 0 Å². The number of rotatable bonds is 3. The zero-order chi connectivity index (χ0) is 24.2. The molecule has 0 spiro atoms. The first-order valence-corrected chi connectivity index (χ1v) is 9.88. The molecule has 0 aromatic heterocycles. The summed E-state index contributed by atoms with van der Waals surface area (Å²) in [5.41, 5.74) is 8.82. The Morgan fingerprint density at radius 2 is 1.79 bits per heavy atom. The number of nitrogens with one attached hydrogen (secondary N) is 1. The zero-order valence-electron chi connectivity index (χ0n) is 17.6. The molecule has 4 rings (SSSR count). The van der Waals surface area contributed by atoms with E-state index in [4.69, 9.17) is 20.4 Å². The highest BCUT2D eigenvalue weighted by Crippen LogP contribution is 2.34. The molecule has 3 aromatic carbocycles. The van der Waals surface area contributed by atoms with Crippen LogP contribution < -0.4 is 20.7 Å². The quantitative estimate of drug-likeness (QED) is 0.549. The van der Waals surface area contributed by atoms with Crippen LogP contribution in [0.4, 0.5) is 24.5 Å². The van der Waals surface area contributed by atoms with E-state index in [1.165, 1.54) is 0 Å². The summed E-state index contributed by atoms with van der Waals surface area (Å²) in [6.07, 6.45) is -5.08. The number of hydrogen-bond donors (Lipinski definition) is 3. The van der Waals surface area contributed by atoms with Crippen molar-refractivity contribution < 1.29 is 32.6 Å². The number of nitrogens with zero attached hydrogens (tertiary/aromatic N) is 1. The smallest absolute Gasteiger partial charge is 0.490 e. The molecule has 1 amide bonds. The lowest BCUT2D eigenvalue weighted by Crippen LogP contribution is -2.45. The van der Waals surface area contributed by atoms with Gasteiger partial charge < -0.3 is 25.8 Å². The second-order valence-electron chi connectivity index (χ2n) is 7.20. The third kappa shape index (κ3) is 5.35. The molecule has 3 aromatic rings. The molecule has 0 unspecified atom stereocenters. The maximum atomic E-state index is 13.0. The molecular formula is C23H22F3N3O4. The van der Waals surface area contributed by atoms with Crippen molar-refractivity contribution in [1.29, 1.82) is 0 Å². The maximum Gasteiger partial charge on any atom is 0.490 e. The number of carboxylic acid groups (broad SMARTS) is 1. The van der Waals surface area contributed by atoms with E-state index in [-0.39, 0.29) is 5.91 Å². The van der Waals surface area contributed by atoms with Gasteiger partial charge in [0.15, 0.2) is 0 Å². The van der Waals surface area contributed by atoms with Gasteiger partial charge in [0.05, 0.1) is 25.0 Å². The topological polar surface area (TPSA) is 105 Å². The Bertz CT molecular complexity index is 1170. The van der Waals surface area contributed by atoms with Crippen LogP contribution in [0.1, 0.15) is 5.56 Å². The van der Waals surface area contributed by atoms with Crippen molar-refractivity contribution in [2.75, 3.05) is 23.9 Å². The molecule has 0 fully saturated rings. The molecule has 0 bridgehead atoms. The van der Waals surface area contributed by atoms with E-state index in [0.717, 1.165) is 33.5 Å². The van der Waals surface area contributed by atoms with Crippen LogP contribution >= 0.6 is 0 Å². The Labute approximate surface area is 187 Å². The number of benzene rings is 3. The highest BCUT2D eigenvalue weighted by atomic mass is 19.4. The molecule has 0 saturated carbocycles. The van der Waals surface area contributed by atoms with E-state index in [9.17, 15) is 18.0 Å². The summed E-state index contributed by atoms with van der Waals surface area (Å²) < 4.78 is 37.3. The van der Waals surface area contributed by atoms with Crippen LogP contribution in [0.3, 0.4) is 0 Å². The average molecular weight is 461 g/mol. The summed E-state index contributed by atoms with van der Waals surface area (Å²) in [5, 5.41) is 12.6. The lowest BCUT2D eigenvalue weighted by atomic mass is 10.0. The van der Waals surface area contributed by atoms with Crippen molar-refractivity contribution in [2.24, 2.45) is 5.73 Å². The molecule has 1 aliphatic heterocycles. The first-order chi connectivity index (χ1) is 15.6. The highest BCUT2D eigenvalue weighted by Gasteiger charge is 2.38. The maximum absolute atomic E-state index is 13.0. The van der Waals surface area contributed by atoms with Crippen molar-refractivity contribution in [3.63, 3.8) is 0 Å². The van der Waals surface area contributed by atoms with Crippen LogP contribution in [0, 0.1) is 0 Å². The largest absolute Gasteiger partial charge is 0.496 e. The normalized spacial score (nSPS) is 15.6. The predicted octanol–water partition coefficient (Wildman–Crippen LogP) is 3.77. The number of carbonyl (C=O) groups excluding carboxylic acids is 1. The fourth-order valence-electron chi connectivity index (χ4n) is 3.48. The van der Waals surface area contributed by atoms with Crippen LogP contribution in [0.15, 0.2) is 60.7 Å². The zero-order valence-corrected chi connectivity index (χ0v) is 17.6. The molecule has 33 heavy (non-hydrogen) atoms. The Morgan fingerprint density at radius 3 is 2.45 bits per heavy atom. The first-order valence-electron chi connectivity index (χ1n) is 9.88. The number of para-hydroxylation sites is 2. The second kappa shape index (κ2) is 9.78. The van der Waals surface area contributed by atoms with Crippen molar-refractivity contribution in [1.82, 2.24) is 0 Å². The number of hydrogen-bond acceptors (Lipinski definition) is 5. The minimum absolute atomic E-state index is 0.0996. The molecular weight excluding hydrogens is 439 g/mol. The van der Waals surface area contributed by atoms with Crippen molar-refractivity contribution in [3.8, 4) is 5.75 Å². The van der Waals surface area contributed by atoms with Crippen molar-refractivity contribution >= 4 is 34.0 Å². The van der Waals surface area contributed by atoms with E-state index < -0.39 is 18.2 Å². The lowest BCUT2D eigenvalue weighted by Gasteiger charge is -2.25. The van der Waals surface area contributed by atoms with E-state index in [1.807, 2.05) is 48.5 Å². The Morgan fingerprint density at radius 1 is 1.15 bits per heavy atom. The van der Waals surface area contributed by atoms with Crippen molar-refractivity contribution in [2.45, 2.75) is 18.8 Å². The number of carboxylic acids is 1. The number of halogens is 3. The number of methoxy groups -OCH3 is 1. The second-order valence-corrected chi connectivity index (χ2v) is 7.20. The van der Waals surface area contributed by atoms with Gasteiger partial charge in [0.2, 0.25) is 5.91 Å². The number of aliphatic carboxylic acids is 1. The summed E-state index contributed by atoms with van der Waals surface area (Å²) >= 11 is 0. The number of amides is 1. The molecule has 4 N–H and O–H groups in total. The molecule has 1 heterocycles. The third-order valence-electron chi connectivity index (χ3n) is 5.07. The predicted molar refractivity (Wildman–Crippen MR) is 118 cm³/mol. The van der Waals surface area contributed by atoms with Gasteiger partial charge >= 0.3 is 12.1 Å². The van der Waals surface area contributed by atoms with Gasteiger partial charge in [-0.2, -0.15) is 13.2 Å².